The van der Waals surface area contributed by atoms with E-state index in [1.54, 1.807) is 12.1 Å². The van der Waals surface area contributed by atoms with Crippen molar-refractivity contribution >= 4 is 0 Å². The second-order valence-corrected chi connectivity index (χ2v) is 2.11. The van der Waals surface area contributed by atoms with Gasteiger partial charge in [0.25, 0.3) is 0 Å². The third-order valence-corrected chi connectivity index (χ3v) is 1.23. The van der Waals surface area contributed by atoms with Gasteiger partial charge in [-0.1, -0.05) is 12.1 Å². The van der Waals surface area contributed by atoms with E-state index < -0.39 is 6.17 Å². The van der Waals surface area contributed by atoms with Crippen LogP contribution in [-0.2, 0) is 0 Å². The van der Waals surface area contributed by atoms with Crippen LogP contribution in [0, 0.1) is 6.07 Å². The van der Waals surface area contributed by atoms with Crippen LogP contribution >= 0.6 is 0 Å². The Morgan fingerprint density at radius 3 is 2.70 bits per heavy atom. The molecule has 53 valence electrons. The Morgan fingerprint density at radius 1 is 1.60 bits per heavy atom. The molecule has 0 saturated carbocycles. The highest BCUT2D eigenvalue weighted by atomic mass is 19.1. The van der Waals surface area contributed by atoms with Crippen molar-refractivity contribution in [2.24, 2.45) is 0 Å². The molecule has 0 saturated heterocycles. The summed E-state index contributed by atoms with van der Waals surface area (Å²) in [4.78, 5) is 0. The van der Waals surface area contributed by atoms with Crippen molar-refractivity contribution in [2.75, 3.05) is 0 Å². The summed E-state index contributed by atoms with van der Waals surface area (Å²) in [6.07, 6.45) is -1.06. The summed E-state index contributed by atoms with van der Waals surface area (Å²) in [6, 6.07) is 7.13. The van der Waals surface area contributed by atoms with Gasteiger partial charge in [-0.25, -0.2) is 4.39 Å². The molecule has 0 aliphatic carbocycles. The molecule has 0 amide bonds. The van der Waals surface area contributed by atoms with Crippen LogP contribution in [0.3, 0.4) is 0 Å². The molecule has 1 nitrogen and oxygen atoms in total. The van der Waals surface area contributed by atoms with Gasteiger partial charge in [-0.3, -0.25) is 0 Å². The summed E-state index contributed by atoms with van der Waals surface area (Å²) in [5.74, 6) is -0.0120. The van der Waals surface area contributed by atoms with Gasteiger partial charge in [0.2, 0.25) is 0 Å². The number of hydrogen-bond donors (Lipinski definition) is 1. The van der Waals surface area contributed by atoms with E-state index in [1.165, 1.54) is 13.0 Å². The summed E-state index contributed by atoms with van der Waals surface area (Å²) in [5.41, 5.74) is 0.389. The van der Waals surface area contributed by atoms with Gasteiger partial charge in [-0.15, -0.1) is 0 Å². The van der Waals surface area contributed by atoms with E-state index in [2.05, 4.69) is 6.07 Å². The monoisotopic (exact) mass is 139 g/mol. The van der Waals surface area contributed by atoms with Gasteiger partial charge < -0.3 is 5.11 Å². The molecule has 1 rings (SSSR count). The Morgan fingerprint density at radius 2 is 2.30 bits per heavy atom. The SMILES string of the molecule is CC(F)c1[c]c(O)ccc1. The molecule has 1 aromatic rings. The molecule has 1 radical (unpaired) electrons. The Bertz CT molecular complexity index is 220. The predicted octanol–water partition coefficient (Wildman–Crippen LogP) is 2.22. The highest BCUT2D eigenvalue weighted by Gasteiger charge is 2.01. The fourth-order valence-electron chi connectivity index (χ4n) is 0.706. The molecule has 2 heteroatoms. The number of rotatable bonds is 1. The van der Waals surface area contributed by atoms with Crippen LogP contribution in [0.2, 0.25) is 0 Å². The lowest BCUT2D eigenvalue weighted by atomic mass is 10.1. The highest BCUT2D eigenvalue weighted by molar-refractivity contribution is 5.26. The van der Waals surface area contributed by atoms with E-state index >= 15 is 0 Å². The molecule has 0 aliphatic heterocycles. The molecular formula is C8H8FO. The normalized spacial score (nSPS) is 13.0. The molecular weight excluding hydrogens is 131 g/mol. The van der Waals surface area contributed by atoms with Crippen molar-refractivity contribution in [3.63, 3.8) is 0 Å². The van der Waals surface area contributed by atoms with Crippen molar-refractivity contribution in [1.82, 2.24) is 0 Å². The van der Waals surface area contributed by atoms with Gasteiger partial charge in [0.15, 0.2) is 0 Å². The lowest BCUT2D eigenvalue weighted by Crippen LogP contribution is -1.83. The number of halogens is 1. The van der Waals surface area contributed by atoms with Gasteiger partial charge in [-0.05, 0) is 18.6 Å². The molecule has 0 heterocycles. The molecule has 0 bridgehead atoms. The molecule has 0 fully saturated rings. The first-order valence-electron chi connectivity index (χ1n) is 3.05. The average molecular weight is 139 g/mol. The van der Waals surface area contributed by atoms with Crippen LogP contribution < -0.4 is 0 Å². The van der Waals surface area contributed by atoms with E-state index in [-0.39, 0.29) is 5.75 Å². The average Bonchev–Trinajstić information content (AvgIpc) is 1.88. The van der Waals surface area contributed by atoms with Crippen molar-refractivity contribution in [3.8, 4) is 5.75 Å². The van der Waals surface area contributed by atoms with Crippen molar-refractivity contribution in [2.45, 2.75) is 13.1 Å². The fraction of sp³-hybridized carbons (Fsp3) is 0.250. The largest absolute Gasteiger partial charge is 0.507 e. The zero-order chi connectivity index (χ0) is 7.56. The Hall–Kier alpha value is -1.05. The summed E-state index contributed by atoms with van der Waals surface area (Å²) < 4.78 is 12.5. The first-order chi connectivity index (χ1) is 4.70. The van der Waals surface area contributed by atoms with Gasteiger partial charge in [0, 0.05) is 6.07 Å². The molecule has 10 heavy (non-hydrogen) atoms. The first-order valence-corrected chi connectivity index (χ1v) is 3.05. The van der Waals surface area contributed by atoms with E-state index in [0.717, 1.165) is 0 Å². The molecule has 1 N–H and O–H groups in total. The van der Waals surface area contributed by atoms with Crippen LogP contribution in [0.1, 0.15) is 18.7 Å². The van der Waals surface area contributed by atoms with E-state index in [1.807, 2.05) is 0 Å². The van der Waals surface area contributed by atoms with Crippen molar-refractivity contribution < 1.29 is 9.50 Å². The second-order valence-electron chi connectivity index (χ2n) is 2.11. The van der Waals surface area contributed by atoms with Crippen LogP contribution in [-0.4, -0.2) is 5.11 Å². The lowest BCUT2D eigenvalue weighted by Gasteiger charge is -1.99. The summed E-state index contributed by atoms with van der Waals surface area (Å²) in [7, 11) is 0. The lowest BCUT2D eigenvalue weighted by molar-refractivity contribution is 0.371. The topological polar surface area (TPSA) is 20.2 Å². The van der Waals surface area contributed by atoms with E-state index in [9.17, 15) is 4.39 Å². The number of phenols is 1. The van der Waals surface area contributed by atoms with Gasteiger partial charge in [0.05, 0.1) is 0 Å². The van der Waals surface area contributed by atoms with Crippen LogP contribution in [0.5, 0.6) is 5.75 Å². The zero-order valence-corrected chi connectivity index (χ0v) is 5.63. The van der Waals surface area contributed by atoms with Gasteiger partial charge in [0.1, 0.15) is 11.9 Å². The molecule has 1 unspecified atom stereocenters. The predicted molar refractivity (Wildman–Crippen MR) is 36.5 cm³/mol. The number of aromatic hydroxyl groups is 1. The molecule has 0 aromatic heterocycles. The molecule has 0 aliphatic rings. The van der Waals surface area contributed by atoms with Crippen molar-refractivity contribution in [1.29, 1.82) is 0 Å². The minimum atomic E-state index is -1.06. The maximum absolute atomic E-state index is 12.5. The quantitative estimate of drug-likeness (QED) is 0.632. The maximum atomic E-state index is 12.5. The van der Waals surface area contributed by atoms with Crippen molar-refractivity contribution in [3.05, 3.63) is 29.8 Å². The Kier molecular flexibility index (Phi) is 1.90. The number of benzene rings is 1. The smallest absolute Gasteiger partial charge is 0.123 e. The van der Waals surface area contributed by atoms with E-state index in [0.29, 0.717) is 5.56 Å². The number of hydrogen-bond acceptors (Lipinski definition) is 1. The minimum absolute atomic E-state index is 0.0120. The van der Waals surface area contributed by atoms with Crippen LogP contribution in [0.4, 0.5) is 4.39 Å². The summed E-state index contributed by atoms with van der Waals surface area (Å²) in [6.45, 7) is 1.41. The maximum Gasteiger partial charge on any atom is 0.123 e. The minimum Gasteiger partial charge on any atom is -0.507 e. The number of alkyl halides is 1. The highest BCUT2D eigenvalue weighted by Crippen LogP contribution is 2.18. The van der Waals surface area contributed by atoms with Crippen LogP contribution in [0.25, 0.3) is 0 Å². The Labute approximate surface area is 59.1 Å². The molecule has 1 atom stereocenters. The third kappa shape index (κ3) is 1.47. The van der Waals surface area contributed by atoms with Gasteiger partial charge in [-0.2, -0.15) is 0 Å². The van der Waals surface area contributed by atoms with Gasteiger partial charge >= 0.3 is 0 Å². The Balaban J connectivity index is 2.96. The third-order valence-electron chi connectivity index (χ3n) is 1.23. The molecule has 1 aromatic carbocycles. The first kappa shape index (κ1) is 7.06. The van der Waals surface area contributed by atoms with E-state index in [4.69, 9.17) is 5.11 Å². The summed E-state index contributed by atoms with van der Waals surface area (Å²) >= 11 is 0. The van der Waals surface area contributed by atoms with Crippen LogP contribution in [0.15, 0.2) is 18.2 Å². The number of phenolic OH excluding ortho intramolecular Hbond substituents is 1. The standard InChI is InChI=1S/C8H8FO/c1-6(9)7-3-2-4-8(10)5-7/h2-4,6,10H,1H3. The zero-order valence-electron chi connectivity index (χ0n) is 5.63. The molecule has 0 spiro atoms. The fourth-order valence-corrected chi connectivity index (χ4v) is 0.706. The second kappa shape index (κ2) is 2.69. The summed E-state index contributed by atoms with van der Waals surface area (Å²) in [5, 5.41) is 8.84.